The Morgan fingerprint density at radius 1 is 0.913 bits per heavy atom. The summed E-state index contributed by atoms with van der Waals surface area (Å²) in [5, 5.41) is 6.25. The topological polar surface area (TPSA) is 29.1 Å². The van der Waals surface area contributed by atoms with Crippen LogP contribution in [0.25, 0.3) is 10.8 Å². The van der Waals surface area contributed by atoms with E-state index in [2.05, 4.69) is 29.6 Å². The third-order valence-electron chi connectivity index (χ3n) is 3.81. The van der Waals surface area contributed by atoms with Crippen molar-refractivity contribution >= 4 is 28.2 Å². The maximum atomic E-state index is 12.1. The second kappa shape index (κ2) is 7.40. The smallest absolute Gasteiger partial charge is 0.150 e. The van der Waals surface area contributed by atoms with E-state index in [1.165, 1.54) is 10.8 Å². The van der Waals surface area contributed by atoms with Crippen LogP contribution in [0.15, 0.2) is 66.7 Å². The van der Waals surface area contributed by atoms with Crippen molar-refractivity contribution < 1.29 is 4.79 Å². The molecule has 0 amide bonds. The lowest BCUT2D eigenvalue weighted by atomic mass is 10.0. The lowest BCUT2D eigenvalue weighted by Gasteiger charge is -2.07. The first-order chi connectivity index (χ1) is 11.2. The number of nitrogens with one attached hydrogen (secondary N) is 1. The second-order valence-electron chi connectivity index (χ2n) is 5.59. The standard InChI is InChI=1S/C20H18ClNO/c21-20-8-4-3-7-18(20)13-22-14-19(23)12-15-9-10-16-5-1-2-6-17(16)11-15/h1-11,22H,12-14H2. The summed E-state index contributed by atoms with van der Waals surface area (Å²) in [4.78, 5) is 12.1. The molecule has 0 spiro atoms. The third kappa shape index (κ3) is 4.19. The molecule has 0 unspecified atom stereocenters. The van der Waals surface area contributed by atoms with Gasteiger partial charge in [0, 0.05) is 18.0 Å². The largest absolute Gasteiger partial charge is 0.306 e. The van der Waals surface area contributed by atoms with E-state index in [1.807, 2.05) is 42.5 Å². The molecular weight excluding hydrogens is 306 g/mol. The highest BCUT2D eigenvalue weighted by atomic mass is 35.5. The van der Waals surface area contributed by atoms with Gasteiger partial charge in [-0.25, -0.2) is 0 Å². The fourth-order valence-corrected chi connectivity index (χ4v) is 2.82. The first-order valence-corrected chi connectivity index (χ1v) is 8.04. The first kappa shape index (κ1) is 15.7. The van der Waals surface area contributed by atoms with E-state index in [-0.39, 0.29) is 5.78 Å². The van der Waals surface area contributed by atoms with Crippen LogP contribution in [0.4, 0.5) is 0 Å². The number of Topliss-reactive ketones (excluding diaryl/α,β-unsaturated/α-hetero) is 1. The molecule has 3 aromatic rings. The minimum atomic E-state index is 0.173. The average Bonchev–Trinajstić information content (AvgIpc) is 2.56. The predicted molar refractivity (Wildman–Crippen MR) is 95.8 cm³/mol. The highest BCUT2D eigenvalue weighted by Crippen LogP contribution is 2.16. The summed E-state index contributed by atoms with van der Waals surface area (Å²) in [7, 11) is 0. The second-order valence-corrected chi connectivity index (χ2v) is 6.00. The van der Waals surface area contributed by atoms with Gasteiger partial charge in [0.15, 0.2) is 5.78 Å². The van der Waals surface area contributed by atoms with E-state index in [1.54, 1.807) is 0 Å². The monoisotopic (exact) mass is 323 g/mol. The van der Waals surface area contributed by atoms with Gasteiger partial charge >= 0.3 is 0 Å². The van der Waals surface area contributed by atoms with Crippen LogP contribution < -0.4 is 5.32 Å². The maximum Gasteiger partial charge on any atom is 0.150 e. The van der Waals surface area contributed by atoms with E-state index < -0.39 is 0 Å². The highest BCUT2D eigenvalue weighted by Gasteiger charge is 2.05. The Balaban J connectivity index is 1.55. The number of hydrogen-bond acceptors (Lipinski definition) is 2. The quantitative estimate of drug-likeness (QED) is 0.728. The molecule has 3 heteroatoms. The molecule has 2 nitrogen and oxygen atoms in total. The van der Waals surface area contributed by atoms with Crippen LogP contribution in [0.1, 0.15) is 11.1 Å². The van der Waals surface area contributed by atoms with Crippen molar-refractivity contribution in [2.24, 2.45) is 0 Å². The van der Waals surface area contributed by atoms with Crippen molar-refractivity contribution in [1.29, 1.82) is 0 Å². The fourth-order valence-electron chi connectivity index (χ4n) is 2.62. The van der Waals surface area contributed by atoms with Crippen molar-refractivity contribution in [3.05, 3.63) is 82.9 Å². The molecule has 0 bridgehead atoms. The Morgan fingerprint density at radius 2 is 1.65 bits per heavy atom. The molecule has 0 aliphatic rings. The fraction of sp³-hybridized carbons (Fsp3) is 0.150. The molecule has 0 heterocycles. The molecule has 0 radical (unpaired) electrons. The number of hydrogen-bond donors (Lipinski definition) is 1. The van der Waals surface area contributed by atoms with Crippen LogP contribution in [0.3, 0.4) is 0 Å². The molecule has 0 saturated carbocycles. The highest BCUT2D eigenvalue weighted by molar-refractivity contribution is 6.31. The van der Waals surface area contributed by atoms with Crippen molar-refractivity contribution in [3.63, 3.8) is 0 Å². The molecule has 0 fully saturated rings. The third-order valence-corrected chi connectivity index (χ3v) is 4.18. The van der Waals surface area contributed by atoms with E-state index in [0.29, 0.717) is 19.5 Å². The molecular formula is C20H18ClNO. The molecule has 1 N–H and O–H groups in total. The Hall–Kier alpha value is -2.16. The Bertz CT molecular complexity index is 828. The van der Waals surface area contributed by atoms with Gasteiger partial charge in [-0.3, -0.25) is 4.79 Å². The maximum absolute atomic E-state index is 12.1. The van der Waals surface area contributed by atoms with Crippen molar-refractivity contribution in [1.82, 2.24) is 5.32 Å². The van der Waals surface area contributed by atoms with Crippen LogP contribution in [0.5, 0.6) is 0 Å². The first-order valence-electron chi connectivity index (χ1n) is 7.66. The van der Waals surface area contributed by atoms with Gasteiger partial charge in [0.1, 0.15) is 0 Å². The van der Waals surface area contributed by atoms with Crippen LogP contribution >= 0.6 is 11.6 Å². The molecule has 0 saturated heterocycles. The average molecular weight is 324 g/mol. The van der Waals surface area contributed by atoms with E-state index >= 15 is 0 Å². The minimum Gasteiger partial charge on any atom is -0.306 e. The molecule has 3 rings (SSSR count). The van der Waals surface area contributed by atoms with Crippen molar-refractivity contribution in [2.75, 3.05) is 6.54 Å². The van der Waals surface area contributed by atoms with Gasteiger partial charge in [0.2, 0.25) is 0 Å². The number of halogens is 1. The molecule has 23 heavy (non-hydrogen) atoms. The zero-order valence-corrected chi connectivity index (χ0v) is 13.5. The summed E-state index contributed by atoms with van der Waals surface area (Å²) >= 11 is 6.10. The Morgan fingerprint density at radius 3 is 2.48 bits per heavy atom. The molecule has 0 aliphatic carbocycles. The van der Waals surface area contributed by atoms with Gasteiger partial charge in [-0.05, 0) is 28.0 Å². The minimum absolute atomic E-state index is 0.173. The summed E-state index contributed by atoms with van der Waals surface area (Å²) in [5.41, 5.74) is 2.06. The molecule has 116 valence electrons. The number of ketones is 1. The van der Waals surface area contributed by atoms with Gasteiger partial charge in [0.25, 0.3) is 0 Å². The Labute approximate surface area is 141 Å². The predicted octanol–water partition coefficient (Wildman–Crippen LogP) is 4.39. The van der Waals surface area contributed by atoms with E-state index in [4.69, 9.17) is 11.6 Å². The summed E-state index contributed by atoms with van der Waals surface area (Å²) in [5.74, 6) is 0.173. The van der Waals surface area contributed by atoms with Crippen LogP contribution in [-0.2, 0) is 17.8 Å². The normalized spacial score (nSPS) is 10.8. The van der Waals surface area contributed by atoms with Gasteiger partial charge < -0.3 is 5.32 Å². The molecule has 0 aromatic heterocycles. The van der Waals surface area contributed by atoms with Crippen LogP contribution in [0, 0.1) is 0 Å². The van der Waals surface area contributed by atoms with Gasteiger partial charge in [-0.1, -0.05) is 72.3 Å². The number of carbonyl (C=O) groups excluding carboxylic acids is 1. The number of carbonyl (C=O) groups is 1. The van der Waals surface area contributed by atoms with Gasteiger partial charge in [0.05, 0.1) is 6.54 Å². The summed E-state index contributed by atoms with van der Waals surface area (Å²) in [6.45, 7) is 0.946. The van der Waals surface area contributed by atoms with Crippen LogP contribution in [0.2, 0.25) is 5.02 Å². The van der Waals surface area contributed by atoms with Crippen LogP contribution in [-0.4, -0.2) is 12.3 Å². The number of fused-ring (bicyclic) bond motifs is 1. The zero-order valence-electron chi connectivity index (χ0n) is 12.8. The summed E-state index contributed by atoms with van der Waals surface area (Å²) < 4.78 is 0. The lowest BCUT2D eigenvalue weighted by molar-refractivity contribution is -0.117. The lowest BCUT2D eigenvalue weighted by Crippen LogP contribution is -2.24. The van der Waals surface area contributed by atoms with Gasteiger partial charge in [-0.2, -0.15) is 0 Å². The number of benzene rings is 3. The van der Waals surface area contributed by atoms with Crippen molar-refractivity contribution in [2.45, 2.75) is 13.0 Å². The number of rotatable bonds is 6. The molecule has 0 atom stereocenters. The van der Waals surface area contributed by atoms with Crippen molar-refractivity contribution in [3.8, 4) is 0 Å². The summed E-state index contributed by atoms with van der Waals surface area (Å²) in [6.07, 6.45) is 0.445. The summed E-state index contributed by atoms with van der Waals surface area (Å²) in [6, 6.07) is 22.0. The zero-order chi connectivity index (χ0) is 16.1. The van der Waals surface area contributed by atoms with E-state index in [0.717, 1.165) is 16.1 Å². The molecule has 0 aliphatic heterocycles. The Kier molecular flexibility index (Phi) is 5.06. The molecule has 3 aromatic carbocycles. The van der Waals surface area contributed by atoms with Gasteiger partial charge in [-0.15, -0.1) is 0 Å². The SMILES string of the molecule is O=C(CNCc1ccccc1Cl)Cc1ccc2ccccc2c1. The van der Waals surface area contributed by atoms with E-state index in [9.17, 15) is 4.79 Å².